The Hall–Kier alpha value is -2.99. The first-order valence-electron chi connectivity index (χ1n) is 10.7. The van der Waals surface area contributed by atoms with E-state index in [1.165, 1.54) is 11.3 Å². The summed E-state index contributed by atoms with van der Waals surface area (Å²) in [6.45, 7) is 5.53. The third-order valence-electron chi connectivity index (χ3n) is 5.69. The van der Waals surface area contributed by atoms with Crippen LogP contribution in [-0.4, -0.2) is 29.5 Å². The molecule has 0 saturated heterocycles. The predicted molar refractivity (Wildman–Crippen MR) is 128 cm³/mol. The number of benzene rings is 2. The van der Waals surface area contributed by atoms with Crippen LogP contribution >= 0.6 is 11.3 Å². The van der Waals surface area contributed by atoms with Crippen LogP contribution in [0.4, 0.5) is 5.13 Å². The molecule has 0 radical (unpaired) electrons. The standard InChI is InChI=1S/C26H28N2O3S/c1-25(2,3)31-22(29)16-26(14-19-12-8-9-13-20(19)15-26)23(30)28(4)24-27-21(17-32-24)18-10-6-5-7-11-18/h5-13,17H,14-16H2,1-4H3. The smallest absolute Gasteiger partial charge is 0.307 e. The van der Waals surface area contributed by atoms with Crippen LogP contribution in [0.3, 0.4) is 0 Å². The quantitative estimate of drug-likeness (QED) is 0.498. The SMILES string of the molecule is CN(C(=O)C1(CC(=O)OC(C)(C)C)Cc2ccccc2C1)c1nc(-c2ccccc2)cs1. The number of aromatic nitrogens is 1. The van der Waals surface area contributed by atoms with E-state index in [1.54, 1.807) is 11.9 Å². The van der Waals surface area contributed by atoms with Gasteiger partial charge in [-0.3, -0.25) is 14.5 Å². The van der Waals surface area contributed by atoms with E-state index in [0.717, 1.165) is 22.4 Å². The van der Waals surface area contributed by atoms with Crippen molar-refractivity contribution in [3.8, 4) is 11.3 Å². The lowest BCUT2D eigenvalue weighted by Gasteiger charge is -2.31. The van der Waals surface area contributed by atoms with Crippen LogP contribution in [0.1, 0.15) is 38.3 Å². The molecule has 0 atom stereocenters. The van der Waals surface area contributed by atoms with Gasteiger partial charge in [0.15, 0.2) is 5.13 Å². The van der Waals surface area contributed by atoms with Gasteiger partial charge < -0.3 is 4.74 Å². The van der Waals surface area contributed by atoms with Crippen LogP contribution in [0.5, 0.6) is 0 Å². The number of carbonyl (C=O) groups is 2. The van der Waals surface area contributed by atoms with E-state index >= 15 is 0 Å². The van der Waals surface area contributed by atoms with Crippen molar-refractivity contribution >= 4 is 28.3 Å². The van der Waals surface area contributed by atoms with Crippen molar-refractivity contribution in [3.63, 3.8) is 0 Å². The van der Waals surface area contributed by atoms with Crippen LogP contribution in [-0.2, 0) is 27.2 Å². The lowest BCUT2D eigenvalue weighted by atomic mass is 9.80. The van der Waals surface area contributed by atoms with E-state index in [0.29, 0.717) is 18.0 Å². The summed E-state index contributed by atoms with van der Waals surface area (Å²) in [7, 11) is 1.75. The van der Waals surface area contributed by atoms with Crippen molar-refractivity contribution < 1.29 is 14.3 Å². The number of amides is 1. The van der Waals surface area contributed by atoms with Crippen molar-refractivity contribution in [3.05, 3.63) is 71.1 Å². The van der Waals surface area contributed by atoms with Crippen LogP contribution in [0.25, 0.3) is 11.3 Å². The third kappa shape index (κ3) is 4.60. The van der Waals surface area contributed by atoms with Gasteiger partial charge in [0.2, 0.25) is 5.91 Å². The molecular formula is C26H28N2O3S. The number of hydrogen-bond acceptors (Lipinski definition) is 5. The summed E-state index contributed by atoms with van der Waals surface area (Å²) in [4.78, 5) is 33.0. The Morgan fingerprint density at radius 1 is 1.03 bits per heavy atom. The Morgan fingerprint density at radius 2 is 1.62 bits per heavy atom. The van der Waals surface area contributed by atoms with Crippen LogP contribution < -0.4 is 4.90 Å². The first kappa shape index (κ1) is 22.2. The number of carbonyl (C=O) groups excluding carboxylic acids is 2. The summed E-state index contributed by atoms with van der Waals surface area (Å²) < 4.78 is 5.60. The summed E-state index contributed by atoms with van der Waals surface area (Å²) in [6, 6.07) is 17.9. The molecule has 6 heteroatoms. The van der Waals surface area contributed by atoms with Gasteiger partial charge in [0.1, 0.15) is 5.60 Å². The lowest BCUT2D eigenvalue weighted by molar-refractivity contribution is -0.159. The minimum Gasteiger partial charge on any atom is -0.460 e. The lowest BCUT2D eigenvalue weighted by Crippen LogP contribution is -2.45. The average Bonchev–Trinajstić information content (AvgIpc) is 3.37. The molecule has 0 unspecified atom stereocenters. The Morgan fingerprint density at radius 3 is 2.22 bits per heavy atom. The highest BCUT2D eigenvalue weighted by molar-refractivity contribution is 7.14. The molecule has 2 aromatic carbocycles. The maximum atomic E-state index is 13.9. The highest BCUT2D eigenvalue weighted by atomic mass is 32.1. The van der Waals surface area contributed by atoms with Gasteiger partial charge in [-0.15, -0.1) is 11.3 Å². The fraction of sp³-hybridized carbons (Fsp3) is 0.346. The second-order valence-electron chi connectivity index (χ2n) is 9.41. The number of nitrogens with zero attached hydrogens (tertiary/aromatic N) is 2. The molecule has 1 aromatic heterocycles. The molecule has 4 rings (SSSR count). The largest absolute Gasteiger partial charge is 0.460 e. The van der Waals surface area contributed by atoms with E-state index in [4.69, 9.17) is 9.72 Å². The number of hydrogen-bond donors (Lipinski definition) is 0. The maximum Gasteiger partial charge on any atom is 0.307 e. The fourth-order valence-electron chi connectivity index (χ4n) is 4.30. The minimum atomic E-state index is -0.876. The van der Waals surface area contributed by atoms with Crippen molar-refractivity contribution in [1.82, 2.24) is 4.98 Å². The van der Waals surface area contributed by atoms with Gasteiger partial charge in [-0.1, -0.05) is 54.6 Å². The van der Waals surface area contributed by atoms with Gasteiger partial charge in [-0.05, 0) is 44.7 Å². The van der Waals surface area contributed by atoms with Crippen molar-refractivity contribution in [2.24, 2.45) is 5.41 Å². The van der Waals surface area contributed by atoms with Gasteiger partial charge in [0.05, 0.1) is 17.5 Å². The third-order valence-corrected chi connectivity index (χ3v) is 6.60. The fourth-order valence-corrected chi connectivity index (χ4v) is 5.10. The molecule has 1 amide bonds. The number of rotatable bonds is 5. The molecule has 0 saturated carbocycles. The second-order valence-corrected chi connectivity index (χ2v) is 10.2. The Labute approximate surface area is 193 Å². The summed E-state index contributed by atoms with van der Waals surface area (Å²) in [5.41, 5.74) is 2.59. The van der Waals surface area contributed by atoms with E-state index in [9.17, 15) is 9.59 Å². The summed E-state index contributed by atoms with van der Waals surface area (Å²) in [5, 5.41) is 2.58. The first-order chi connectivity index (χ1) is 15.2. The molecule has 0 N–H and O–H groups in total. The molecule has 0 aliphatic heterocycles. The van der Waals surface area contributed by atoms with Gasteiger partial charge in [-0.25, -0.2) is 4.98 Å². The molecule has 3 aromatic rings. The Bertz CT molecular complexity index is 1110. The molecule has 1 aliphatic carbocycles. The van der Waals surface area contributed by atoms with Gasteiger partial charge >= 0.3 is 5.97 Å². The summed E-state index contributed by atoms with van der Waals surface area (Å²) >= 11 is 1.43. The zero-order valence-corrected chi connectivity index (χ0v) is 19.7. The van der Waals surface area contributed by atoms with E-state index in [1.807, 2.05) is 80.7 Å². The van der Waals surface area contributed by atoms with Crippen LogP contribution in [0, 0.1) is 5.41 Å². The molecule has 166 valence electrons. The molecule has 1 aliphatic rings. The average molecular weight is 449 g/mol. The monoisotopic (exact) mass is 448 g/mol. The van der Waals surface area contributed by atoms with Crippen molar-refractivity contribution in [2.45, 2.75) is 45.6 Å². The second kappa shape index (κ2) is 8.51. The topological polar surface area (TPSA) is 59.5 Å². The van der Waals surface area contributed by atoms with Crippen molar-refractivity contribution in [1.29, 1.82) is 0 Å². The van der Waals surface area contributed by atoms with Crippen LogP contribution in [0.15, 0.2) is 60.0 Å². The summed E-state index contributed by atoms with van der Waals surface area (Å²) in [6.07, 6.45) is 1.07. The van der Waals surface area contributed by atoms with Gasteiger partial charge in [0.25, 0.3) is 0 Å². The Balaban J connectivity index is 1.62. The van der Waals surface area contributed by atoms with Gasteiger partial charge in [0, 0.05) is 18.0 Å². The van der Waals surface area contributed by atoms with E-state index < -0.39 is 11.0 Å². The summed E-state index contributed by atoms with van der Waals surface area (Å²) in [5.74, 6) is -0.454. The highest BCUT2D eigenvalue weighted by Crippen LogP contribution is 2.43. The molecule has 1 heterocycles. The number of anilines is 1. The molecular weight excluding hydrogens is 420 g/mol. The molecule has 0 spiro atoms. The first-order valence-corrected chi connectivity index (χ1v) is 11.6. The van der Waals surface area contributed by atoms with Gasteiger partial charge in [-0.2, -0.15) is 0 Å². The van der Waals surface area contributed by atoms with Crippen molar-refractivity contribution in [2.75, 3.05) is 11.9 Å². The normalized spacial score (nSPS) is 14.6. The molecule has 32 heavy (non-hydrogen) atoms. The maximum absolute atomic E-state index is 13.9. The predicted octanol–water partition coefficient (Wildman–Crippen LogP) is 5.29. The number of esters is 1. The Kier molecular flexibility index (Phi) is 5.91. The van der Waals surface area contributed by atoms with Crippen LogP contribution in [0.2, 0.25) is 0 Å². The molecule has 5 nitrogen and oxygen atoms in total. The van der Waals surface area contributed by atoms with E-state index in [-0.39, 0.29) is 18.3 Å². The number of thiazole rings is 1. The molecule has 0 bridgehead atoms. The highest BCUT2D eigenvalue weighted by Gasteiger charge is 2.48. The zero-order chi connectivity index (χ0) is 22.9. The number of fused-ring (bicyclic) bond motifs is 1. The zero-order valence-electron chi connectivity index (χ0n) is 18.9. The minimum absolute atomic E-state index is 0.0407. The molecule has 0 fully saturated rings. The number of ether oxygens (including phenoxy) is 1. The van der Waals surface area contributed by atoms with E-state index in [2.05, 4.69) is 0 Å².